The number of nitrogens with zero attached hydrogens (tertiary/aromatic N) is 7. The first-order chi connectivity index (χ1) is 26.2. The number of rotatable bonds is 11. The maximum absolute atomic E-state index is 12.7. The molecule has 0 spiro atoms. The van der Waals surface area contributed by atoms with Crippen molar-refractivity contribution < 1.29 is 36.6 Å². The summed E-state index contributed by atoms with van der Waals surface area (Å²) in [5, 5.41) is 45.1. The normalized spacial score (nSPS) is 12.6. The third kappa shape index (κ3) is 13.1. The molecule has 6 rings (SSSR count). The Hall–Kier alpha value is -5.00. The minimum Gasteiger partial charge on any atom is -0.392 e. The third-order valence-electron chi connectivity index (χ3n) is 8.16. The first-order valence-electron chi connectivity index (χ1n) is 17.1. The lowest BCUT2D eigenvalue weighted by Crippen LogP contribution is -2.16. The van der Waals surface area contributed by atoms with Crippen LogP contribution in [0.3, 0.4) is 0 Å². The van der Waals surface area contributed by atoms with Gasteiger partial charge < -0.3 is 10.2 Å². The smallest absolute Gasteiger partial charge is 0.392 e. The summed E-state index contributed by atoms with van der Waals surface area (Å²) in [5.74, 6) is 0.878. The quantitative estimate of drug-likeness (QED) is 0.0876. The molecule has 2 atom stereocenters. The summed E-state index contributed by atoms with van der Waals surface area (Å²) in [6, 6.07) is 25.1. The summed E-state index contributed by atoms with van der Waals surface area (Å²) in [7, 11) is 0. The molecule has 10 nitrogen and oxygen atoms in total. The first-order valence-corrected chi connectivity index (χ1v) is 18.3. The van der Waals surface area contributed by atoms with E-state index in [-0.39, 0.29) is 12.6 Å². The molecule has 2 heterocycles. The summed E-state index contributed by atoms with van der Waals surface area (Å²) >= 11 is 3.12. The first kappa shape index (κ1) is 42.7. The topological polar surface area (TPSA) is 139 Å². The van der Waals surface area contributed by atoms with Gasteiger partial charge in [-0.2, -0.15) is 36.4 Å². The van der Waals surface area contributed by atoms with Crippen LogP contribution in [-0.2, 0) is 31.7 Å². The Kier molecular flexibility index (Phi) is 15.6. The molecule has 0 saturated carbocycles. The van der Waals surface area contributed by atoms with Crippen molar-refractivity contribution in [2.75, 3.05) is 5.33 Å². The van der Waals surface area contributed by atoms with E-state index >= 15 is 0 Å². The molecular weight excluding hydrogens is 794 g/mol. The molecule has 292 valence electrons. The molecule has 0 amide bonds. The predicted molar refractivity (Wildman–Crippen MR) is 198 cm³/mol. The number of aromatic amines is 1. The summed E-state index contributed by atoms with van der Waals surface area (Å²) < 4.78 is 75.8. The molecule has 0 radical (unpaired) electrons. The molecule has 0 aliphatic heterocycles. The molecular formula is C38H39BrF6N8O2. The lowest BCUT2D eigenvalue weighted by atomic mass is 9.98. The summed E-state index contributed by atoms with van der Waals surface area (Å²) in [6.07, 6.45) is -7.00. The molecule has 0 aliphatic carbocycles. The van der Waals surface area contributed by atoms with Crippen LogP contribution in [0.15, 0.2) is 97.1 Å². The fraction of sp³-hybridized carbons (Fsp3) is 0.316. The Morgan fingerprint density at radius 2 is 1.13 bits per heavy atom. The Morgan fingerprint density at radius 3 is 1.53 bits per heavy atom. The minimum atomic E-state index is -4.35. The van der Waals surface area contributed by atoms with E-state index in [1.165, 1.54) is 29.1 Å². The fourth-order valence-electron chi connectivity index (χ4n) is 4.98. The molecule has 2 unspecified atom stereocenters. The van der Waals surface area contributed by atoms with Crippen molar-refractivity contribution in [3.05, 3.63) is 130 Å². The van der Waals surface area contributed by atoms with Crippen molar-refractivity contribution in [3.8, 4) is 22.8 Å². The van der Waals surface area contributed by atoms with Crippen molar-refractivity contribution in [1.29, 1.82) is 0 Å². The number of halogens is 7. The van der Waals surface area contributed by atoms with Gasteiger partial charge in [-0.05, 0) is 82.6 Å². The van der Waals surface area contributed by atoms with E-state index < -0.39 is 29.6 Å². The zero-order valence-corrected chi connectivity index (χ0v) is 31.4. The molecule has 0 saturated heterocycles. The van der Waals surface area contributed by atoms with Gasteiger partial charge in [0, 0.05) is 16.5 Å². The summed E-state index contributed by atoms with van der Waals surface area (Å²) in [5.41, 5.74) is 3.58. The highest BCUT2D eigenvalue weighted by Gasteiger charge is 2.30. The van der Waals surface area contributed by atoms with Crippen LogP contribution < -0.4 is 0 Å². The highest BCUT2D eigenvalue weighted by Crippen LogP contribution is 2.31. The number of aliphatic hydroxyl groups is 2. The van der Waals surface area contributed by atoms with E-state index in [0.717, 1.165) is 64.1 Å². The second kappa shape index (κ2) is 20.1. The molecule has 17 heteroatoms. The number of nitrogens with one attached hydrogen (secondary N) is 1. The maximum Gasteiger partial charge on any atom is 0.416 e. The van der Waals surface area contributed by atoms with Gasteiger partial charge in [0.05, 0.1) is 29.9 Å². The predicted octanol–water partition coefficient (Wildman–Crippen LogP) is 8.35. The van der Waals surface area contributed by atoms with Crippen LogP contribution in [-0.4, -0.2) is 68.6 Å². The fourth-order valence-corrected chi connectivity index (χ4v) is 5.44. The molecule has 55 heavy (non-hydrogen) atoms. The van der Waals surface area contributed by atoms with E-state index in [2.05, 4.69) is 52.0 Å². The Labute approximate surface area is 321 Å². The van der Waals surface area contributed by atoms with Gasteiger partial charge in [-0.3, -0.25) is 0 Å². The van der Waals surface area contributed by atoms with Gasteiger partial charge in [-0.15, -0.1) is 20.4 Å². The molecule has 4 aromatic carbocycles. The molecule has 3 N–H and O–H groups in total. The van der Waals surface area contributed by atoms with Gasteiger partial charge in [0.25, 0.3) is 0 Å². The van der Waals surface area contributed by atoms with Crippen LogP contribution in [0.2, 0.25) is 0 Å². The number of hydrogen-bond donors (Lipinski definition) is 3. The number of benzene rings is 4. The van der Waals surface area contributed by atoms with Crippen molar-refractivity contribution in [1.82, 2.24) is 40.8 Å². The standard InChI is InChI=1S/C19H19F3N4O.C15H11F3N4.C4H9BrO/c1-2-16(27)12-26-24-18(23-25-26)17-6-4-3-5-14(17)11-13-7-9-15(10-8-13)19(20,21)22;16-15(17,18)12-7-5-10(6-8-12)9-11-3-1-2-4-13(11)14-19-21-22-20-14;1-2-4(6)3-5/h3-10,16,27H,2,11-12H2,1H3;1-8H,9H2,(H,19,20,21,22);4,6H,2-3H2,1H3. The molecule has 2 aromatic heterocycles. The average Bonchev–Trinajstić information content (AvgIpc) is 3.88. The maximum atomic E-state index is 12.7. The van der Waals surface area contributed by atoms with Crippen LogP contribution in [0.25, 0.3) is 22.8 Å². The summed E-state index contributed by atoms with van der Waals surface area (Å²) in [6.45, 7) is 4.07. The van der Waals surface area contributed by atoms with Gasteiger partial charge in [-0.1, -0.05) is 103 Å². The largest absolute Gasteiger partial charge is 0.416 e. The second-order valence-electron chi connectivity index (χ2n) is 12.2. The van der Waals surface area contributed by atoms with E-state index in [1.807, 2.05) is 62.4 Å². The van der Waals surface area contributed by atoms with Gasteiger partial charge in [0.2, 0.25) is 11.6 Å². The zero-order chi connectivity index (χ0) is 40.0. The number of H-pyrrole nitrogens is 1. The highest BCUT2D eigenvalue weighted by atomic mass is 79.9. The Balaban J connectivity index is 0.000000216. The highest BCUT2D eigenvalue weighted by molar-refractivity contribution is 9.09. The minimum absolute atomic E-state index is 0.148. The van der Waals surface area contributed by atoms with Crippen LogP contribution in [0.1, 0.15) is 60.1 Å². The van der Waals surface area contributed by atoms with Crippen LogP contribution >= 0.6 is 15.9 Å². The lowest BCUT2D eigenvalue weighted by Gasteiger charge is -2.09. The SMILES string of the molecule is CCC(O)CBr.CCC(O)Cn1nnc(-c2ccccc2Cc2ccc(C(F)(F)F)cc2)n1.FC(F)(F)c1ccc(Cc2ccccc2-c2nn[nH]n2)cc1. The van der Waals surface area contributed by atoms with Crippen molar-refractivity contribution in [2.45, 2.75) is 70.6 Å². The molecule has 0 fully saturated rings. The number of alkyl halides is 7. The van der Waals surface area contributed by atoms with Crippen molar-refractivity contribution in [2.24, 2.45) is 0 Å². The number of aliphatic hydroxyl groups excluding tert-OH is 2. The van der Waals surface area contributed by atoms with Crippen LogP contribution in [0, 0.1) is 0 Å². The number of aromatic nitrogens is 8. The molecule has 0 aliphatic rings. The molecule has 6 aromatic rings. The third-order valence-corrected chi connectivity index (χ3v) is 8.91. The Morgan fingerprint density at radius 1 is 0.655 bits per heavy atom. The second-order valence-corrected chi connectivity index (χ2v) is 12.9. The monoisotopic (exact) mass is 832 g/mol. The van der Waals surface area contributed by atoms with E-state index in [4.69, 9.17) is 5.11 Å². The van der Waals surface area contributed by atoms with E-state index in [1.54, 1.807) is 0 Å². The lowest BCUT2D eigenvalue weighted by molar-refractivity contribution is -0.138. The van der Waals surface area contributed by atoms with Crippen molar-refractivity contribution >= 4 is 15.9 Å². The van der Waals surface area contributed by atoms with Crippen LogP contribution in [0.5, 0.6) is 0 Å². The van der Waals surface area contributed by atoms with Gasteiger partial charge >= 0.3 is 12.4 Å². The van der Waals surface area contributed by atoms with Crippen LogP contribution in [0.4, 0.5) is 26.3 Å². The van der Waals surface area contributed by atoms with Crippen molar-refractivity contribution in [3.63, 3.8) is 0 Å². The molecule has 0 bridgehead atoms. The van der Waals surface area contributed by atoms with Gasteiger partial charge in [-0.25, -0.2) is 0 Å². The zero-order valence-electron chi connectivity index (χ0n) is 29.8. The number of tetrazole rings is 2. The van der Waals surface area contributed by atoms with Gasteiger partial charge in [0.1, 0.15) is 0 Å². The number of hydrogen-bond acceptors (Lipinski definition) is 8. The van der Waals surface area contributed by atoms with E-state index in [9.17, 15) is 31.4 Å². The Bertz CT molecular complexity index is 2020. The van der Waals surface area contributed by atoms with Gasteiger partial charge in [0.15, 0.2) is 0 Å². The summed E-state index contributed by atoms with van der Waals surface area (Å²) in [4.78, 5) is 1.35. The van der Waals surface area contributed by atoms with E-state index in [0.29, 0.717) is 36.2 Å². The average molecular weight is 834 g/mol.